The smallest absolute Gasteiger partial charge is 0.161 e. The average Bonchev–Trinajstić information content (AvgIpc) is 2.46. The molecule has 1 aliphatic carbocycles. The van der Waals surface area contributed by atoms with Crippen molar-refractivity contribution < 1.29 is 9.90 Å². The zero-order valence-corrected chi connectivity index (χ0v) is 11.6. The molecule has 20 heavy (non-hydrogen) atoms. The van der Waals surface area contributed by atoms with E-state index in [1.807, 2.05) is 30.3 Å². The lowest BCUT2D eigenvalue weighted by Crippen LogP contribution is -2.15. The van der Waals surface area contributed by atoms with Gasteiger partial charge in [0.2, 0.25) is 0 Å². The third-order valence-electron chi connectivity index (χ3n) is 3.59. The van der Waals surface area contributed by atoms with Crippen LogP contribution in [0.5, 0.6) is 0 Å². The van der Waals surface area contributed by atoms with Gasteiger partial charge >= 0.3 is 0 Å². The zero-order chi connectivity index (χ0) is 14.1. The molecule has 3 nitrogen and oxygen atoms in total. The highest BCUT2D eigenvalue weighted by Crippen LogP contribution is 2.32. The second-order valence-electron chi connectivity index (χ2n) is 4.94. The van der Waals surface area contributed by atoms with E-state index < -0.39 is 6.10 Å². The molecule has 1 aliphatic rings. The molecule has 0 saturated carbocycles. The number of aliphatic hydroxyl groups is 1. The van der Waals surface area contributed by atoms with Crippen LogP contribution in [0.2, 0.25) is 5.15 Å². The first-order valence-electron chi connectivity index (χ1n) is 6.63. The molecule has 3 rings (SSSR count). The molecule has 0 radical (unpaired) electrons. The van der Waals surface area contributed by atoms with Gasteiger partial charge in [-0.15, -0.1) is 0 Å². The van der Waals surface area contributed by atoms with Gasteiger partial charge in [0.25, 0.3) is 0 Å². The molecule has 0 amide bonds. The topological polar surface area (TPSA) is 50.2 Å². The number of rotatable bonds is 2. The van der Waals surface area contributed by atoms with Gasteiger partial charge in [0.1, 0.15) is 11.3 Å². The lowest BCUT2D eigenvalue weighted by Gasteiger charge is -2.18. The fourth-order valence-electron chi connectivity index (χ4n) is 2.51. The standard InChI is InChI=1S/C16H14ClNO2/c17-16-12(9-10-5-1-3-7-13(10)18-16)15(20)11-6-2-4-8-14(11)19/h1,3,5-7,9,15,20H,2,4,8H2. The molecule has 0 bridgehead atoms. The van der Waals surface area contributed by atoms with Crippen LogP contribution in [0, 0.1) is 0 Å². The van der Waals surface area contributed by atoms with E-state index in [1.165, 1.54) is 0 Å². The maximum atomic E-state index is 11.9. The number of Topliss-reactive ketones (excluding diaryl/α,β-unsaturated/α-hetero) is 1. The number of aromatic nitrogens is 1. The number of aliphatic hydroxyl groups excluding tert-OH is 1. The summed E-state index contributed by atoms with van der Waals surface area (Å²) in [5, 5.41) is 11.6. The normalized spacial score (nSPS) is 17.1. The van der Waals surface area contributed by atoms with Crippen LogP contribution in [0.15, 0.2) is 42.0 Å². The molecule has 0 aliphatic heterocycles. The van der Waals surface area contributed by atoms with Gasteiger partial charge in [-0.2, -0.15) is 0 Å². The van der Waals surface area contributed by atoms with Gasteiger partial charge in [0.15, 0.2) is 5.78 Å². The fourth-order valence-corrected chi connectivity index (χ4v) is 2.76. The predicted molar refractivity (Wildman–Crippen MR) is 78.7 cm³/mol. The first-order chi connectivity index (χ1) is 9.66. The van der Waals surface area contributed by atoms with Crippen LogP contribution in [-0.4, -0.2) is 15.9 Å². The van der Waals surface area contributed by atoms with Crippen molar-refractivity contribution in [1.29, 1.82) is 0 Å². The average molecular weight is 288 g/mol. The van der Waals surface area contributed by atoms with Crippen molar-refractivity contribution in [2.45, 2.75) is 25.4 Å². The summed E-state index contributed by atoms with van der Waals surface area (Å²) >= 11 is 6.16. The number of nitrogens with zero attached hydrogens (tertiary/aromatic N) is 1. The summed E-state index contributed by atoms with van der Waals surface area (Å²) < 4.78 is 0. The molecule has 1 atom stereocenters. The predicted octanol–water partition coefficient (Wildman–Crippen LogP) is 3.60. The van der Waals surface area contributed by atoms with Crippen LogP contribution in [0.3, 0.4) is 0 Å². The molecule has 102 valence electrons. The van der Waals surface area contributed by atoms with Crippen LogP contribution in [0.25, 0.3) is 10.9 Å². The number of para-hydroxylation sites is 1. The van der Waals surface area contributed by atoms with E-state index in [4.69, 9.17) is 11.6 Å². The van der Waals surface area contributed by atoms with Crippen molar-refractivity contribution in [2.75, 3.05) is 0 Å². The Kier molecular flexibility index (Phi) is 3.55. The number of fused-ring (bicyclic) bond motifs is 1. The Morgan fingerprint density at radius 3 is 2.90 bits per heavy atom. The lowest BCUT2D eigenvalue weighted by molar-refractivity contribution is -0.117. The van der Waals surface area contributed by atoms with E-state index in [1.54, 1.807) is 6.07 Å². The van der Waals surface area contributed by atoms with E-state index in [-0.39, 0.29) is 10.9 Å². The largest absolute Gasteiger partial charge is 0.383 e. The highest BCUT2D eigenvalue weighted by molar-refractivity contribution is 6.30. The lowest BCUT2D eigenvalue weighted by atomic mass is 9.91. The van der Waals surface area contributed by atoms with Gasteiger partial charge in [-0.3, -0.25) is 4.79 Å². The van der Waals surface area contributed by atoms with Crippen molar-refractivity contribution >= 4 is 28.3 Å². The first-order valence-corrected chi connectivity index (χ1v) is 7.01. The highest BCUT2D eigenvalue weighted by atomic mass is 35.5. The zero-order valence-electron chi connectivity index (χ0n) is 10.8. The molecular formula is C16H14ClNO2. The summed E-state index contributed by atoms with van der Waals surface area (Å²) in [6.07, 6.45) is 2.96. The van der Waals surface area contributed by atoms with Crippen molar-refractivity contribution in [3.8, 4) is 0 Å². The SMILES string of the molecule is O=C1CCCC=C1C(O)c1cc2ccccc2nc1Cl. The van der Waals surface area contributed by atoms with E-state index in [9.17, 15) is 9.90 Å². The molecule has 2 aromatic rings. The Bertz CT molecular complexity index is 709. The Morgan fingerprint density at radius 2 is 2.10 bits per heavy atom. The summed E-state index contributed by atoms with van der Waals surface area (Å²) in [4.78, 5) is 16.2. The van der Waals surface area contributed by atoms with Gasteiger partial charge in [-0.05, 0) is 25.0 Å². The number of hydrogen-bond acceptors (Lipinski definition) is 3. The van der Waals surface area contributed by atoms with Crippen LogP contribution >= 0.6 is 11.6 Å². The van der Waals surface area contributed by atoms with Gasteiger partial charge in [0, 0.05) is 22.9 Å². The maximum Gasteiger partial charge on any atom is 0.161 e. The summed E-state index contributed by atoms with van der Waals surface area (Å²) in [7, 11) is 0. The molecule has 0 fully saturated rings. The van der Waals surface area contributed by atoms with Gasteiger partial charge < -0.3 is 5.11 Å². The van der Waals surface area contributed by atoms with Gasteiger partial charge in [-0.25, -0.2) is 4.98 Å². The fraction of sp³-hybridized carbons (Fsp3) is 0.250. The first kappa shape index (κ1) is 13.3. The number of halogens is 1. The molecule has 0 saturated heterocycles. The summed E-state index contributed by atoms with van der Waals surface area (Å²) in [5.41, 5.74) is 1.71. The Balaban J connectivity index is 2.07. The number of hydrogen-bond donors (Lipinski definition) is 1. The Labute approximate surface area is 121 Å². The second kappa shape index (κ2) is 5.35. The second-order valence-corrected chi connectivity index (χ2v) is 5.30. The summed E-state index contributed by atoms with van der Waals surface area (Å²) in [6, 6.07) is 9.36. The molecule has 1 unspecified atom stereocenters. The third kappa shape index (κ3) is 2.35. The number of allylic oxidation sites excluding steroid dienone is 1. The van der Waals surface area contributed by atoms with Crippen LogP contribution in [-0.2, 0) is 4.79 Å². The van der Waals surface area contributed by atoms with Crippen molar-refractivity contribution in [3.05, 3.63) is 52.7 Å². The summed E-state index contributed by atoms with van der Waals surface area (Å²) in [6.45, 7) is 0. The highest BCUT2D eigenvalue weighted by Gasteiger charge is 2.24. The molecule has 0 spiro atoms. The van der Waals surface area contributed by atoms with Crippen LogP contribution in [0.4, 0.5) is 0 Å². The van der Waals surface area contributed by atoms with E-state index in [0.29, 0.717) is 17.6 Å². The number of benzene rings is 1. The summed E-state index contributed by atoms with van der Waals surface area (Å²) in [5.74, 6) is -0.00650. The molecule has 1 N–H and O–H groups in total. The minimum Gasteiger partial charge on any atom is -0.383 e. The number of carbonyl (C=O) groups is 1. The molecule has 4 heteroatoms. The Morgan fingerprint density at radius 1 is 1.30 bits per heavy atom. The molecule has 1 aromatic heterocycles. The van der Waals surface area contributed by atoms with Crippen molar-refractivity contribution in [3.63, 3.8) is 0 Å². The van der Waals surface area contributed by atoms with Crippen LogP contribution < -0.4 is 0 Å². The molecule has 1 heterocycles. The third-order valence-corrected chi connectivity index (χ3v) is 3.89. The van der Waals surface area contributed by atoms with E-state index in [0.717, 1.165) is 23.7 Å². The minimum atomic E-state index is -0.993. The van der Waals surface area contributed by atoms with Gasteiger partial charge in [-0.1, -0.05) is 35.9 Å². The molecular weight excluding hydrogens is 274 g/mol. The van der Waals surface area contributed by atoms with Crippen molar-refractivity contribution in [2.24, 2.45) is 0 Å². The number of ketones is 1. The van der Waals surface area contributed by atoms with E-state index >= 15 is 0 Å². The number of pyridine rings is 1. The maximum absolute atomic E-state index is 11.9. The van der Waals surface area contributed by atoms with E-state index in [2.05, 4.69) is 4.98 Å². The Hall–Kier alpha value is -1.71. The minimum absolute atomic E-state index is 0.00650. The molecule has 1 aromatic carbocycles. The van der Waals surface area contributed by atoms with Gasteiger partial charge in [0.05, 0.1) is 5.52 Å². The number of carbonyl (C=O) groups excluding carboxylic acids is 1. The monoisotopic (exact) mass is 287 g/mol. The quantitative estimate of drug-likeness (QED) is 0.859. The van der Waals surface area contributed by atoms with Crippen LogP contribution in [0.1, 0.15) is 30.9 Å². The van der Waals surface area contributed by atoms with Crippen molar-refractivity contribution in [1.82, 2.24) is 4.98 Å².